The van der Waals surface area contributed by atoms with Crippen LogP contribution in [0.2, 0.25) is 0 Å². The third-order valence-corrected chi connectivity index (χ3v) is 5.20. The van der Waals surface area contributed by atoms with Crippen LogP contribution in [-0.2, 0) is 13.6 Å². The summed E-state index contributed by atoms with van der Waals surface area (Å²) in [5.41, 5.74) is 2.37. The van der Waals surface area contributed by atoms with Gasteiger partial charge in [0.2, 0.25) is 0 Å². The highest BCUT2D eigenvalue weighted by atomic mass is 32.1. The van der Waals surface area contributed by atoms with Gasteiger partial charge in [0.15, 0.2) is 0 Å². The SMILES string of the molecule is Cc1cc(C)n(C)c(=O)c1C(=O)NCc1ccc(-c2ccccn2)s1. The van der Waals surface area contributed by atoms with Crippen LogP contribution in [0.25, 0.3) is 10.6 Å². The molecule has 0 unspecified atom stereocenters. The molecule has 0 atom stereocenters. The highest BCUT2D eigenvalue weighted by molar-refractivity contribution is 7.15. The Morgan fingerprint density at radius 2 is 2.04 bits per heavy atom. The molecule has 25 heavy (non-hydrogen) atoms. The van der Waals surface area contributed by atoms with Crippen molar-refractivity contribution in [3.05, 3.63) is 74.6 Å². The van der Waals surface area contributed by atoms with Crippen LogP contribution in [0.5, 0.6) is 0 Å². The molecule has 0 aliphatic heterocycles. The van der Waals surface area contributed by atoms with Crippen molar-refractivity contribution in [3.63, 3.8) is 0 Å². The fourth-order valence-electron chi connectivity index (χ4n) is 2.63. The molecule has 0 saturated heterocycles. The van der Waals surface area contributed by atoms with Crippen molar-refractivity contribution < 1.29 is 4.79 Å². The number of rotatable bonds is 4. The van der Waals surface area contributed by atoms with Gasteiger partial charge in [-0.15, -0.1) is 11.3 Å². The van der Waals surface area contributed by atoms with Crippen molar-refractivity contribution in [2.24, 2.45) is 7.05 Å². The molecular weight excluding hydrogens is 334 g/mol. The van der Waals surface area contributed by atoms with Crippen LogP contribution in [0, 0.1) is 13.8 Å². The molecule has 6 heteroatoms. The van der Waals surface area contributed by atoms with E-state index in [9.17, 15) is 9.59 Å². The largest absolute Gasteiger partial charge is 0.347 e. The molecule has 3 heterocycles. The summed E-state index contributed by atoms with van der Waals surface area (Å²) in [5, 5.41) is 2.85. The average Bonchev–Trinajstić information content (AvgIpc) is 3.08. The summed E-state index contributed by atoms with van der Waals surface area (Å²) < 4.78 is 1.49. The zero-order valence-electron chi connectivity index (χ0n) is 14.4. The summed E-state index contributed by atoms with van der Waals surface area (Å²) in [7, 11) is 1.67. The van der Waals surface area contributed by atoms with Gasteiger partial charge in [0.1, 0.15) is 5.56 Å². The Kier molecular flexibility index (Phi) is 4.81. The summed E-state index contributed by atoms with van der Waals surface area (Å²) in [6.45, 7) is 4.02. The number of nitrogens with zero attached hydrogens (tertiary/aromatic N) is 2. The number of nitrogens with one attached hydrogen (secondary N) is 1. The van der Waals surface area contributed by atoms with Crippen molar-refractivity contribution in [2.45, 2.75) is 20.4 Å². The third kappa shape index (κ3) is 3.53. The van der Waals surface area contributed by atoms with Gasteiger partial charge in [0.25, 0.3) is 11.5 Å². The Morgan fingerprint density at radius 1 is 1.24 bits per heavy atom. The van der Waals surface area contributed by atoms with E-state index in [1.54, 1.807) is 31.5 Å². The quantitative estimate of drug-likeness (QED) is 0.784. The molecule has 0 aliphatic rings. The first kappa shape index (κ1) is 17.1. The maximum absolute atomic E-state index is 12.5. The number of hydrogen-bond donors (Lipinski definition) is 1. The van der Waals surface area contributed by atoms with E-state index in [4.69, 9.17) is 0 Å². The van der Waals surface area contributed by atoms with E-state index < -0.39 is 0 Å². The molecule has 1 N–H and O–H groups in total. The van der Waals surface area contributed by atoms with E-state index in [-0.39, 0.29) is 17.0 Å². The van der Waals surface area contributed by atoms with Gasteiger partial charge >= 0.3 is 0 Å². The molecule has 0 aliphatic carbocycles. The molecule has 128 valence electrons. The van der Waals surface area contributed by atoms with Crippen LogP contribution < -0.4 is 10.9 Å². The highest BCUT2D eigenvalue weighted by Crippen LogP contribution is 2.26. The number of carbonyl (C=O) groups excluding carboxylic acids is 1. The fourth-order valence-corrected chi connectivity index (χ4v) is 3.55. The van der Waals surface area contributed by atoms with Gasteiger partial charge in [0, 0.05) is 23.8 Å². The average molecular weight is 353 g/mol. The van der Waals surface area contributed by atoms with E-state index in [0.717, 1.165) is 21.1 Å². The van der Waals surface area contributed by atoms with E-state index in [1.807, 2.05) is 43.3 Å². The molecule has 0 radical (unpaired) electrons. The maximum atomic E-state index is 12.5. The zero-order chi connectivity index (χ0) is 18.0. The predicted molar refractivity (Wildman–Crippen MR) is 99.9 cm³/mol. The van der Waals surface area contributed by atoms with Gasteiger partial charge in [-0.3, -0.25) is 14.6 Å². The van der Waals surface area contributed by atoms with Crippen LogP contribution in [0.1, 0.15) is 26.5 Å². The number of pyridine rings is 2. The lowest BCUT2D eigenvalue weighted by Crippen LogP contribution is -2.33. The normalized spacial score (nSPS) is 10.7. The Hall–Kier alpha value is -2.73. The van der Waals surface area contributed by atoms with Crippen molar-refractivity contribution in [1.29, 1.82) is 0 Å². The van der Waals surface area contributed by atoms with Gasteiger partial charge in [-0.2, -0.15) is 0 Å². The first-order valence-corrected chi connectivity index (χ1v) is 8.74. The van der Waals surface area contributed by atoms with Gasteiger partial charge in [-0.1, -0.05) is 6.07 Å². The van der Waals surface area contributed by atoms with Crippen molar-refractivity contribution >= 4 is 17.2 Å². The molecule has 3 aromatic heterocycles. The predicted octanol–water partition coefficient (Wildman–Crippen LogP) is 3.06. The minimum Gasteiger partial charge on any atom is -0.347 e. The summed E-state index contributed by atoms with van der Waals surface area (Å²) in [5.74, 6) is -0.342. The van der Waals surface area contributed by atoms with Gasteiger partial charge in [0.05, 0.1) is 17.1 Å². The second-order valence-electron chi connectivity index (χ2n) is 5.87. The van der Waals surface area contributed by atoms with Crippen LogP contribution in [0.15, 0.2) is 47.4 Å². The summed E-state index contributed by atoms with van der Waals surface area (Å²) >= 11 is 1.58. The number of carbonyl (C=O) groups is 1. The van der Waals surface area contributed by atoms with Crippen LogP contribution in [0.3, 0.4) is 0 Å². The lowest BCUT2D eigenvalue weighted by atomic mass is 10.1. The molecule has 3 rings (SSSR count). The molecule has 0 spiro atoms. The van der Waals surface area contributed by atoms with E-state index >= 15 is 0 Å². The zero-order valence-corrected chi connectivity index (χ0v) is 15.2. The lowest BCUT2D eigenvalue weighted by Gasteiger charge is -2.10. The summed E-state index contributed by atoms with van der Waals surface area (Å²) in [6, 6.07) is 11.6. The molecule has 0 fully saturated rings. The van der Waals surface area contributed by atoms with Crippen molar-refractivity contribution in [2.75, 3.05) is 0 Å². The number of hydrogen-bond acceptors (Lipinski definition) is 4. The van der Waals surface area contributed by atoms with E-state index in [1.165, 1.54) is 4.57 Å². The first-order valence-electron chi connectivity index (χ1n) is 7.93. The Morgan fingerprint density at radius 3 is 2.76 bits per heavy atom. The Labute approximate surface area is 150 Å². The Balaban J connectivity index is 1.75. The molecule has 5 nitrogen and oxygen atoms in total. The van der Waals surface area contributed by atoms with Crippen LogP contribution >= 0.6 is 11.3 Å². The van der Waals surface area contributed by atoms with Gasteiger partial charge in [-0.25, -0.2) is 0 Å². The second kappa shape index (κ2) is 7.03. The first-order chi connectivity index (χ1) is 12.0. The minimum atomic E-state index is -0.342. The number of aromatic nitrogens is 2. The lowest BCUT2D eigenvalue weighted by molar-refractivity contribution is 0.0948. The molecular formula is C19H19N3O2S. The van der Waals surface area contributed by atoms with Crippen molar-refractivity contribution in [3.8, 4) is 10.6 Å². The van der Waals surface area contributed by atoms with Gasteiger partial charge in [-0.05, 0) is 49.7 Å². The molecule has 0 saturated carbocycles. The summed E-state index contributed by atoms with van der Waals surface area (Å²) in [6.07, 6.45) is 1.76. The standard InChI is InChI=1S/C19H19N3O2S/c1-12-10-13(2)22(3)19(24)17(12)18(23)21-11-14-7-8-16(25-14)15-6-4-5-9-20-15/h4-10H,11H2,1-3H3,(H,21,23). The van der Waals surface area contributed by atoms with E-state index in [2.05, 4.69) is 10.3 Å². The van der Waals surface area contributed by atoms with Crippen LogP contribution in [0.4, 0.5) is 0 Å². The second-order valence-corrected chi connectivity index (χ2v) is 7.04. The maximum Gasteiger partial charge on any atom is 0.263 e. The molecule has 3 aromatic rings. The molecule has 0 bridgehead atoms. The summed E-state index contributed by atoms with van der Waals surface area (Å²) in [4.78, 5) is 31.2. The van der Waals surface area contributed by atoms with Crippen LogP contribution in [-0.4, -0.2) is 15.5 Å². The minimum absolute atomic E-state index is 0.203. The Bertz CT molecular complexity index is 974. The monoisotopic (exact) mass is 353 g/mol. The number of amides is 1. The molecule has 1 amide bonds. The number of thiophene rings is 1. The third-order valence-electron chi connectivity index (χ3n) is 4.10. The topological polar surface area (TPSA) is 64.0 Å². The molecule has 0 aromatic carbocycles. The highest BCUT2D eigenvalue weighted by Gasteiger charge is 2.16. The smallest absolute Gasteiger partial charge is 0.263 e. The van der Waals surface area contributed by atoms with Crippen molar-refractivity contribution in [1.82, 2.24) is 14.9 Å². The fraction of sp³-hybridized carbons (Fsp3) is 0.211. The number of aryl methyl sites for hydroxylation is 2. The van der Waals surface area contributed by atoms with E-state index in [0.29, 0.717) is 12.1 Å². The van der Waals surface area contributed by atoms with Gasteiger partial charge < -0.3 is 9.88 Å².